The van der Waals surface area contributed by atoms with Gasteiger partial charge in [0.15, 0.2) is 0 Å². The molecule has 0 aromatic heterocycles. The molecule has 3 heteroatoms. The molecule has 0 aliphatic carbocycles. The van der Waals surface area contributed by atoms with Crippen LogP contribution in [0.15, 0.2) is 0 Å². The molecule has 0 aliphatic heterocycles. The molecule has 2 atom stereocenters. The molecule has 0 aliphatic rings. The summed E-state index contributed by atoms with van der Waals surface area (Å²) in [5.41, 5.74) is 5.25. The number of nitrogens with two attached hydrogens (primary N) is 1. The second-order valence-electron chi connectivity index (χ2n) is 3.20. The predicted octanol–water partition coefficient (Wildman–Crippen LogP) is 0.886. The zero-order chi connectivity index (χ0) is 9.56. The van der Waals surface area contributed by atoms with E-state index in [9.17, 15) is 4.79 Å². The summed E-state index contributed by atoms with van der Waals surface area (Å²) in [6, 6.07) is -0.157. The first-order chi connectivity index (χ1) is 5.63. The summed E-state index contributed by atoms with van der Waals surface area (Å²) in [5, 5.41) is 3.09. The van der Waals surface area contributed by atoms with Gasteiger partial charge in [-0.3, -0.25) is 4.79 Å². The van der Waals surface area contributed by atoms with E-state index < -0.39 is 0 Å². The average molecular weight is 172 g/mol. The molecule has 0 fully saturated rings. The average Bonchev–Trinajstić information content (AvgIpc) is 1.99. The molecule has 0 heterocycles. The summed E-state index contributed by atoms with van der Waals surface area (Å²) in [5.74, 6) is 0.102. The van der Waals surface area contributed by atoms with E-state index >= 15 is 0 Å². The van der Waals surface area contributed by atoms with Gasteiger partial charge in [-0.1, -0.05) is 27.2 Å². The van der Waals surface area contributed by atoms with Gasteiger partial charge in [0.05, 0.1) is 6.04 Å². The molecule has 0 radical (unpaired) electrons. The fourth-order valence-electron chi connectivity index (χ4n) is 1.42. The molecule has 0 rings (SSSR count). The Kier molecular flexibility index (Phi) is 5.72. The minimum atomic E-state index is -0.238. The van der Waals surface area contributed by atoms with Crippen molar-refractivity contribution in [1.29, 1.82) is 0 Å². The molecule has 0 aromatic rings. The Hall–Kier alpha value is -0.570. The highest BCUT2D eigenvalue weighted by Gasteiger charge is 2.20. The molecule has 0 saturated carbocycles. The van der Waals surface area contributed by atoms with Gasteiger partial charge in [0.2, 0.25) is 5.91 Å². The highest BCUT2D eigenvalue weighted by Crippen LogP contribution is 2.09. The van der Waals surface area contributed by atoms with Crippen LogP contribution < -0.4 is 11.1 Å². The smallest absolute Gasteiger partial charge is 0.234 e. The Morgan fingerprint density at radius 1 is 1.50 bits per heavy atom. The van der Waals surface area contributed by atoms with Gasteiger partial charge in [0.25, 0.3) is 0 Å². The SMILES string of the molecule is CCCC(C)C(NCC)C(N)=O. The third kappa shape index (κ3) is 3.72. The zero-order valence-electron chi connectivity index (χ0n) is 8.26. The number of primary amides is 1. The Balaban J connectivity index is 3.99. The summed E-state index contributed by atoms with van der Waals surface area (Å²) in [7, 11) is 0. The first-order valence-electron chi connectivity index (χ1n) is 4.66. The fourth-order valence-corrected chi connectivity index (χ4v) is 1.42. The van der Waals surface area contributed by atoms with Crippen molar-refractivity contribution in [3.63, 3.8) is 0 Å². The molecule has 0 spiro atoms. The zero-order valence-corrected chi connectivity index (χ0v) is 8.26. The molecule has 12 heavy (non-hydrogen) atoms. The molecule has 72 valence electrons. The van der Waals surface area contributed by atoms with Crippen LogP contribution in [0.2, 0.25) is 0 Å². The Morgan fingerprint density at radius 3 is 2.42 bits per heavy atom. The van der Waals surface area contributed by atoms with Gasteiger partial charge in [-0.25, -0.2) is 0 Å². The molecule has 0 saturated heterocycles. The van der Waals surface area contributed by atoms with E-state index in [4.69, 9.17) is 5.73 Å². The standard InChI is InChI=1S/C9H20N2O/c1-4-6-7(3)8(9(10)12)11-5-2/h7-8,11H,4-6H2,1-3H3,(H2,10,12). The Morgan fingerprint density at radius 2 is 2.08 bits per heavy atom. The number of hydrogen-bond acceptors (Lipinski definition) is 2. The molecule has 1 amide bonds. The van der Waals surface area contributed by atoms with Gasteiger partial charge >= 0.3 is 0 Å². The largest absolute Gasteiger partial charge is 0.368 e. The van der Waals surface area contributed by atoms with Gasteiger partial charge in [-0.2, -0.15) is 0 Å². The number of carbonyl (C=O) groups excluding carboxylic acids is 1. The van der Waals surface area contributed by atoms with Crippen molar-refractivity contribution in [3.05, 3.63) is 0 Å². The molecule has 3 nitrogen and oxygen atoms in total. The monoisotopic (exact) mass is 172 g/mol. The fraction of sp³-hybridized carbons (Fsp3) is 0.889. The van der Waals surface area contributed by atoms with Gasteiger partial charge in [0, 0.05) is 0 Å². The number of hydrogen-bond donors (Lipinski definition) is 2. The summed E-state index contributed by atoms with van der Waals surface area (Å²) in [4.78, 5) is 11.0. The van der Waals surface area contributed by atoms with Gasteiger partial charge in [-0.05, 0) is 18.9 Å². The second kappa shape index (κ2) is 6.00. The maximum atomic E-state index is 11.0. The number of likely N-dealkylation sites (N-methyl/N-ethyl adjacent to an activating group) is 1. The third-order valence-electron chi connectivity index (χ3n) is 2.04. The van der Waals surface area contributed by atoms with Crippen molar-refractivity contribution in [2.45, 2.75) is 39.7 Å². The molecular weight excluding hydrogens is 152 g/mol. The van der Waals surface area contributed by atoms with E-state index in [1.54, 1.807) is 0 Å². The molecule has 3 N–H and O–H groups in total. The Bertz CT molecular complexity index is 136. The lowest BCUT2D eigenvalue weighted by Crippen LogP contribution is -2.45. The van der Waals surface area contributed by atoms with Gasteiger partial charge < -0.3 is 11.1 Å². The molecule has 0 bridgehead atoms. The lowest BCUT2D eigenvalue weighted by molar-refractivity contribution is -0.121. The van der Waals surface area contributed by atoms with Crippen molar-refractivity contribution in [2.24, 2.45) is 11.7 Å². The van der Waals surface area contributed by atoms with E-state index in [1.165, 1.54) is 0 Å². The van der Waals surface area contributed by atoms with Crippen LogP contribution in [-0.2, 0) is 4.79 Å². The number of carbonyl (C=O) groups is 1. The van der Waals surface area contributed by atoms with Crippen molar-refractivity contribution in [3.8, 4) is 0 Å². The number of nitrogens with one attached hydrogen (secondary N) is 1. The first-order valence-corrected chi connectivity index (χ1v) is 4.66. The normalized spacial score (nSPS) is 15.6. The molecule has 2 unspecified atom stereocenters. The van der Waals surface area contributed by atoms with Crippen molar-refractivity contribution in [1.82, 2.24) is 5.32 Å². The van der Waals surface area contributed by atoms with E-state index in [0.717, 1.165) is 19.4 Å². The third-order valence-corrected chi connectivity index (χ3v) is 2.04. The quantitative estimate of drug-likeness (QED) is 0.625. The van der Waals surface area contributed by atoms with Crippen LogP contribution >= 0.6 is 0 Å². The van der Waals surface area contributed by atoms with Crippen molar-refractivity contribution < 1.29 is 4.79 Å². The van der Waals surface area contributed by atoms with Crippen molar-refractivity contribution >= 4 is 5.91 Å². The van der Waals surface area contributed by atoms with Crippen LogP contribution in [0.1, 0.15) is 33.6 Å². The van der Waals surface area contributed by atoms with Crippen LogP contribution in [0, 0.1) is 5.92 Å². The lowest BCUT2D eigenvalue weighted by Gasteiger charge is -2.20. The van der Waals surface area contributed by atoms with E-state index in [1.807, 2.05) is 6.92 Å². The highest BCUT2D eigenvalue weighted by molar-refractivity contribution is 5.80. The van der Waals surface area contributed by atoms with E-state index in [2.05, 4.69) is 19.2 Å². The van der Waals surface area contributed by atoms with Crippen LogP contribution in [0.4, 0.5) is 0 Å². The summed E-state index contributed by atoms with van der Waals surface area (Å²) in [6.45, 7) is 6.94. The molecular formula is C9H20N2O. The topological polar surface area (TPSA) is 55.1 Å². The lowest BCUT2D eigenvalue weighted by atomic mass is 9.96. The number of rotatable bonds is 6. The maximum Gasteiger partial charge on any atom is 0.234 e. The van der Waals surface area contributed by atoms with E-state index in [0.29, 0.717) is 5.92 Å². The molecule has 0 aromatic carbocycles. The maximum absolute atomic E-state index is 11.0. The minimum Gasteiger partial charge on any atom is -0.368 e. The minimum absolute atomic E-state index is 0.157. The van der Waals surface area contributed by atoms with Crippen molar-refractivity contribution in [2.75, 3.05) is 6.54 Å². The van der Waals surface area contributed by atoms with E-state index in [-0.39, 0.29) is 11.9 Å². The summed E-state index contributed by atoms with van der Waals surface area (Å²) in [6.07, 6.45) is 2.14. The van der Waals surface area contributed by atoms with Crippen LogP contribution in [0.5, 0.6) is 0 Å². The highest BCUT2D eigenvalue weighted by atomic mass is 16.1. The van der Waals surface area contributed by atoms with Crippen LogP contribution in [0.3, 0.4) is 0 Å². The van der Waals surface area contributed by atoms with Crippen LogP contribution in [-0.4, -0.2) is 18.5 Å². The van der Waals surface area contributed by atoms with Gasteiger partial charge in [0.1, 0.15) is 0 Å². The van der Waals surface area contributed by atoms with Crippen LogP contribution in [0.25, 0.3) is 0 Å². The number of amides is 1. The van der Waals surface area contributed by atoms with Gasteiger partial charge in [-0.15, -0.1) is 0 Å². The first kappa shape index (κ1) is 11.4. The summed E-state index contributed by atoms with van der Waals surface area (Å²) >= 11 is 0. The second-order valence-corrected chi connectivity index (χ2v) is 3.20. The summed E-state index contributed by atoms with van der Waals surface area (Å²) < 4.78 is 0. The predicted molar refractivity (Wildman–Crippen MR) is 50.7 cm³/mol. The Labute approximate surface area is 74.7 Å².